The number of halogens is 1. The van der Waals surface area contributed by atoms with Crippen LogP contribution < -0.4 is 10.5 Å². The molecule has 1 aliphatic heterocycles. The Hall–Kier alpha value is -2.39. The zero-order chi connectivity index (χ0) is 21.4. The first-order valence-corrected chi connectivity index (χ1v) is 11.0. The number of nitrogens with two attached hydrogens (primary N) is 1. The van der Waals surface area contributed by atoms with E-state index in [9.17, 15) is 4.39 Å². The monoisotopic (exact) mass is 405 g/mol. The fraction of sp³-hybridized carbons (Fsp3) is 0.407. The van der Waals surface area contributed by atoms with Gasteiger partial charge in [0.15, 0.2) is 0 Å². The highest BCUT2D eigenvalue weighted by Gasteiger charge is 2.40. The van der Waals surface area contributed by atoms with Crippen LogP contribution in [0.25, 0.3) is 0 Å². The molecule has 1 aromatic rings. The fourth-order valence-corrected chi connectivity index (χ4v) is 5.15. The third-order valence-electron chi connectivity index (χ3n) is 6.84. The Kier molecular flexibility index (Phi) is 5.84. The molecule has 3 aliphatic rings. The average molecular weight is 406 g/mol. The molecule has 0 amide bonds. The zero-order valence-corrected chi connectivity index (χ0v) is 18.3. The van der Waals surface area contributed by atoms with Crippen LogP contribution in [0.4, 0.5) is 4.39 Å². The Balaban J connectivity index is 1.57. The molecule has 2 N–H and O–H groups in total. The predicted molar refractivity (Wildman–Crippen MR) is 122 cm³/mol. The third kappa shape index (κ3) is 3.72. The van der Waals surface area contributed by atoms with Gasteiger partial charge in [0.05, 0.1) is 0 Å². The molecular weight excluding hydrogens is 373 g/mol. The molecule has 2 nitrogen and oxygen atoms in total. The van der Waals surface area contributed by atoms with Gasteiger partial charge < -0.3 is 10.5 Å². The summed E-state index contributed by atoms with van der Waals surface area (Å²) >= 11 is 0. The summed E-state index contributed by atoms with van der Waals surface area (Å²) in [6.45, 7) is 8.76. The summed E-state index contributed by atoms with van der Waals surface area (Å²) in [4.78, 5) is 0. The maximum Gasteiger partial charge on any atom is 0.132 e. The highest BCUT2D eigenvalue weighted by Crippen LogP contribution is 2.46. The molecule has 0 radical (unpaired) electrons. The molecule has 0 spiro atoms. The second-order valence-electron chi connectivity index (χ2n) is 8.96. The van der Waals surface area contributed by atoms with Gasteiger partial charge in [-0.05, 0) is 54.5 Å². The van der Waals surface area contributed by atoms with Crippen LogP contribution in [0.5, 0.6) is 5.75 Å². The standard InChI is InChI=1S/C27H32FNO/c1-5-21(16(2)3)17(4)26(29)24-8-6-7-23-22-14-11-19(15-25(22)30-27(23)24)18-9-12-20(28)13-10-18/h5-9,11-18,23,26-27H,10,29H2,1-4H3/b21-5-. The maximum atomic E-state index is 13.3. The largest absolute Gasteiger partial charge is 0.485 e. The lowest BCUT2D eigenvalue weighted by atomic mass is 9.77. The molecule has 0 saturated carbocycles. The van der Waals surface area contributed by atoms with Crippen molar-refractivity contribution in [2.75, 3.05) is 0 Å². The normalized spacial score (nSPS) is 27.2. The summed E-state index contributed by atoms with van der Waals surface area (Å²) in [6.07, 6.45) is 14.5. The molecule has 158 valence electrons. The summed E-state index contributed by atoms with van der Waals surface area (Å²) in [5.74, 6) is 1.89. The molecule has 3 heteroatoms. The van der Waals surface area contributed by atoms with Gasteiger partial charge in [0.1, 0.15) is 17.7 Å². The molecule has 0 aromatic heterocycles. The molecule has 2 aliphatic carbocycles. The smallest absolute Gasteiger partial charge is 0.132 e. The summed E-state index contributed by atoms with van der Waals surface area (Å²) in [5, 5.41) is 0. The van der Waals surface area contributed by atoms with E-state index in [4.69, 9.17) is 10.5 Å². The summed E-state index contributed by atoms with van der Waals surface area (Å²) < 4.78 is 19.8. The Morgan fingerprint density at radius 2 is 2.03 bits per heavy atom. The van der Waals surface area contributed by atoms with Gasteiger partial charge in [-0.25, -0.2) is 4.39 Å². The number of benzene rings is 1. The number of ether oxygens (including phenoxy) is 1. The molecule has 1 heterocycles. The van der Waals surface area contributed by atoms with Crippen LogP contribution in [-0.2, 0) is 0 Å². The van der Waals surface area contributed by atoms with Gasteiger partial charge in [-0.2, -0.15) is 0 Å². The van der Waals surface area contributed by atoms with E-state index in [1.54, 1.807) is 12.2 Å². The fourth-order valence-electron chi connectivity index (χ4n) is 5.15. The minimum absolute atomic E-state index is 0.0535. The topological polar surface area (TPSA) is 35.2 Å². The lowest BCUT2D eigenvalue weighted by Crippen LogP contribution is -2.40. The Morgan fingerprint density at radius 3 is 2.70 bits per heavy atom. The van der Waals surface area contributed by atoms with Gasteiger partial charge in [-0.15, -0.1) is 0 Å². The van der Waals surface area contributed by atoms with Gasteiger partial charge >= 0.3 is 0 Å². The van der Waals surface area contributed by atoms with Gasteiger partial charge in [0, 0.05) is 23.4 Å². The van der Waals surface area contributed by atoms with Crippen molar-refractivity contribution in [1.82, 2.24) is 0 Å². The first-order chi connectivity index (χ1) is 14.4. The molecule has 0 saturated heterocycles. The van der Waals surface area contributed by atoms with Gasteiger partial charge in [0.25, 0.3) is 0 Å². The summed E-state index contributed by atoms with van der Waals surface area (Å²) in [5.41, 5.74) is 11.7. The minimum Gasteiger partial charge on any atom is -0.485 e. The van der Waals surface area contributed by atoms with Gasteiger partial charge in [0.2, 0.25) is 0 Å². The first kappa shape index (κ1) is 20.9. The van der Waals surface area contributed by atoms with E-state index in [0.717, 1.165) is 16.9 Å². The molecule has 5 atom stereocenters. The average Bonchev–Trinajstić information content (AvgIpc) is 3.11. The van der Waals surface area contributed by atoms with Gasteiger partial charge in [-0.1, -0.05) is 68.9 Å². The minimum atomic E-state index is -0.153. The van der Waals surface area contributed by atoms with E-state index in [1.165, 1.54) is 11.1 Å². The molecule has 0 bridgehead atoms. The second kappa shape index (κ2) is 8.39. The lowest BCUT2D eigenvalue weighted by Gasteiger charge is -2.32. The van der Waals surface area contributed by atoms with E-state index in [1.807, 2.05) is 6.08 Å². The third-order valence-corrected chi connectivity index (χ3v) is 6.84. The number of rotatable bonds is 5. The van der Waals surface area contributed by atoms with Crippen molar-refractivity contribution in [2.24, 2.45) is 17.6 Å². The van der Waals surface area contributed by atoms with Crippen molar-refractivity contribution in [3.8, 4) is 5.75 Å². The van der Waals surface area contributed by atoms with Crippen molar-refractivity contribution < 1.29 is 9.13 Å². The van der Waals surface area contributed by atoms with Crippen molar-refractivity contribution in [2.45, 2.75) is 58.1 Å². The van der Waals surface area contributed by atoms with Crippen LogP contribution in [-0.4, -0.2) is 12.1 Å². The molecule has 4 rings (SSSR count). The Labute approximate surface area is 179 Å². The Bertz CT molecular complexity index is 965. The number of hydrogen-bond acceptors (Lipinski definition) is 2. The first-order valence-electron chi connectivity index (χ1n) is 11.0. The van der Waals surface area contributed by atoms with E-state index >= 15 is 0 Å². The maximum absolute atomic E-state index is 13.3. The molecule has 0 fully saturated rings. The number of allylic oxidation sites excluding steroid dienone is 7. The zero-order valence-electron chi connectivity index (χ0n) is 18.3. The highest BCUT2D eigenvalue weighted by atomic mass is 19.1. The van der Waals surface area contributed by atoms with Crippen LogP contribution in [0, 0.1) is 11.8 Å². The number of hydrogen-bond donors (Lipinski definition) is 1. The Morgan fingerprint density at radius 1 is 1.23 bits per heavy atom. The molecular formula is C27H32FNO. The van der Waals surface area contributed by atoms with Crippen LogP contribution in [0.2, 0.25) is 0 Å². The van der Waals surface area contributed by atoms with Crippen LogP contribution in [0.15, 0.2) is 77.7 Å². The van der Waals surface area contributed by atoms with Gasteiger partial charge in [-0.3, -0.25) is 0 Å². The van der Waals surface area contributed by atoms with E-state index in [-0.39, 0.29) is 35.7 Å². The van der Waals surface area contributed by atoms with Crippen molar-refractivity contribution >= 4 is 0 Å². The van der Waals surface area contributed by atoms with Crippen LogP contribution in [0.3, 0.4) is 0 Å². The predicted octanol–water partition coefficient (Wildman–Crippen LogP) is 6.49. The van der Waals surface area contributed by atoms with E-state index in [0.29, 0.717) is 12.3 Å². The molecule has 30 heavy (non-hydrogen) atoms. The van der Waals surface area contributed by atoms with E-state index in [2.05, 4.69) is 70.2 Å². The number of fused-ring (bicyclic) bond motifs is 3. The van der Waals surface area contributed by atoms with E-state index < -0.39 is 0 Å². The second-order valence-corrected chi connectivity index (χ2v) is 8.96. The summed E-state index contributed by atoms with van der Waals surface area (Å²) in [7, 11) is 0. The highest BCUT2D eigenvalue weighted by molar-refractivity contribution is 5.52. The molecule has 5 unspecified atom stereocenters. The lowest BCUT2D eigenvalue weighted by molar-refractivity contribution is 0.241. The van der Waals surface area contributed by atoms with Crippen molar-refractivity contribution in [1.29, 1.82) is 0 Å². The van der Waals surface area contributed by atoms with Crippen molar-refractivity contribution in [3.63, 3.8) is 0 Å². The SMILES string of the molecule is C/C=C(/C(C)C)C(C)C(N)C1=CC=CC2c3ccc(C4C=CC(F)=CC4)cc3OC12. The van der Waals surface area contributed by atoms with Crippen LogP contribution in [0.1, 0.15) is 57.1 Å². The van der Waals surface area contributed by atoms with Crippen LogP contribution >= 0.6 is 0 Å². The van der Waals surface area contributed by atoms with Crippen molar-refractivity contribution in [3.05, 3.63) is 88.8 Å². The quantitative estimate of drug-likeness (QED) is 0.568. The summed E-state index contributed by atoms with van der Waals surface area (Å²) in [6, 6.07) is 6.37. The molecule has 1 aromatic carbocycles.